The van der Waals surface area contributed by atoms with Crippen molar-refractivity contribution in [3.8, 4) is 5.75 Å². The summed E-state index contributed by atoms with van der Waals surface area (Å²) >= 11 is 7.91. The van der Waals surface area contributed by atoms with Crippen LogP contribution in [-0.2, 0) is 27.7 Å². The fourth-order valence-corrected chi connectivity index (χ4v) is 6.37. The summed E-state index contributed by atoms with van der Waals surface area (Å²) < 4.78 is 40.1. The van der Waals surface area contributed by atoms with E-state index in [0.717, 1.165) is 30.6 Å². The summed E-state index contributed by atoms with van der Waals surface area (Å²) in [6, 6.07) is 16.2. The fraction of sp³-hybridized carbons (Fsp3) is 0.333. The molecule has 0 unspecified atom stereocenters. The van der Waals surface area contributed by atoms with E-state index < -0.39 is 10.0 Å². The van der Waals surface area contributed by atoms with Gasteiger partial charge in [0.15, 0.2) is 0 Å². The maximum atomic E-state index is 13.5. The predicted molar refractivity (Wildman–Crippen MR) is 128 cm³/mol. The number of sulfonamides is 1. The van der Waals surface area contributed by atoms with Crippen molar-refractivity contribution >= 4 is 33.0 Å². The standard InChI is InChI=1S/C24H26ClNO4S2/c25-23-8-1-2-9-24(23)32(27,28)26(17-22-7-4-12-29-22)16-20-5-3-6-21(15-20)30-13-10-19-11-14-31-18-19/h1-3,5-6,8-9,11,14-15,18,22H,4,7,10,12-13,16-17H2/t22-/m0/s1. The van der Waals surface area contributed by atoms with Gasteiger partial charge in [-0.3, -0.25) is 0 Å². The maximum absolute atomic E-state index is 13.5. The van der Waals surface area contributed by atoms with E-state index in [9.17, 15) is 8.42 Å². The molecule has 1 aliphatic heterocycles. The first-order valence-corrected chi connectivity index (χ1v) is 13.4. The van der Waals surface area contributed by atoms with Crippen LogP contribution in [0.4, 0.5) is 0 Å². The molecule has 4 rings (SSSR count). The molecule has 0 spiro atoms. The van der Waals surface area contributed by atoms with Gasteiger partial charge in [-0.15, -0.1) is 0 Å². The Hall–Kier alpha value is -1.90. The topological polar surface area (TPSA) is 55.8 Å². The lowest BCUT2D eigenvalue weighted by atomic mass is 10.2. The van der Waals surface area contributed by atoms with Crippen LogP contribution in [0.25, 0.3) is 0 Å². The molecule has 0 radical (unpaired) electrons. The van der Waals surface area contributed by atoms with E-state index in [0.29, 0.717) is 13.2 Å². The molecule has 0 bridgehead atoms. The third-order valence-corrected chi connectivity index (χ3v) is 8.43. The molecule has 0 aliphatic carbocycles. The Morgan fingerprint density at radius 1 is 1.12 bits per heavy atom. The zero-order valence-electron chi connectivity index (χ0n) is 17.7. The minimum atomic E-state index is -3.80. The van der Waals surface area contributed by atoms with Crippen molar-refractivity contribution in [2.45, 2.75) is 36.8 Å². The molecule has 170 valence electrons. The van der Waals surface area contributed by atoms with E-state index in [1.54, 1.807) is 35.6 Å². The second-order valence-corrected chi connectivity index (χ2v) is 10.8. The Balaban J connectivity index is 1.51. The summed E-state index contributed by atoms with van der Waals surface area (Å²) in [6.45, 7) is 1.74. The normalized spacial score (nSPS) is 16.5. The zero-order valence-corrected chi connectivity index (χ0v) is 20.0. The quantitative estimate of drug-likeness (QED) is 0.381. The molecule has 1 saturated heterocycles. The SMILES string of the molecule is O=S(=O)(c1ccccc1Cl)N(Cc1cccc(OCCc2ccsc2)c1)C[C@@H]1CCCO1. The van der Waals surface area contributed by atoms with Gasteiger partial charge < -0.3 is 9.47 Å². The lowest BCUT2D eigenvalue weighted by molar-refractivity contribution is 0.0926. The third kappa shape index (κ3) is 5.91. The van der Waals surface area contributed by atoms with Crippen LogP contribution in [0, 0.1) is 0 Å². The summed E-state index contributed by atoms with van der Waals surface area (Å²) in [5.41, 5.74) is 2.10. The second kappa shape index (κ2) is 10.8. The molecule has 0 amide bonds. The van der Waals surface area contributed by atoms with Crippen LogP contribution in [0.3, 0.4) is 0 Å². The van der Waals surface area contributed by atoms with E-state index in [1.165, 1.54) is 9.87 Å². The molecule has 2 heterocycles. The Labute approximate surface area is 198 Å². The van der Waals surface area contributed by atoms with Gasteiger partial charge in [-0.1, -0.05) is 35.9 Å². The lowest BCUT2D eigenvalue weighted by Gasteiger charge is -2.25. The molecule has 1 aliphatic rings. The number of hydrogen-bond donors (Lipinski definition) is 0. The molecule has 0 N–H and O–H groups in total. The summed E-state index contributed by atoms with van der Waals surface area (Å²) in [7, 11) is -3.80. The van der Waals surface area contributed by atoms with E-state index in [-0.39, 0.29) is 29.1 Å². The molecule has 32 heavy (non-hydrogen) atoms. The van der Waals surface area contributed by atoms with Gasteiger partial charge in [0.1, 0.15) is 10.6 Å². The van der Waals surface area contributed by atoms with Gasteiger partial charge in [0, 0.05) is 26.1 Å². The number of hydrogen-bond acceptors (Lipinski definition) is 5. The Bertz CT molecular complexity index is 1110. The van der Waals surface area contributed by atoms with Crippen molar-refractivity contribution in [2.24, 2.45) is 0 Å². The van der Waals surface area contributed by atoms with Crippen molar-refractivity contribution < 1.29 is 17.9 Å². The first-order chi connectivity index (χ1) is 15.5. The first-order valence-electron chi connectivity index (χ1n) is 10.6. The predicted octanol–water partition coefficient (Wildman–Crippen LogP) is 5.39. The van der Waals surface area contributed by atoms with Gasteiger partial charge in [0.05, 0.1) is 17.7 Å². The molecular formula is C24H26ClNO4S2. The lowest BCUT2D eigenvalue weighted by Crippen LogP contribution is -2.37. The number of ether oxygens (including phenoxy) is 2. The number of halogens is 1. The maximum Gasteiger partial charge on any atom is 0.244 e. The fourth-order valence-electron chi connectivity index (χ4n) is 3.72. The average molecular weight is 492 g/mol. The van der Waals surface area contributed by atoms with Crippen molar-refractivity contribution in [1.82, 2.24) is 4.31 Å². The highest BCUT2D eigenvalue weighted by molar-refractivity contribution is 7.89. The molecular weight excluding hydrogens is 466 g/mol. The van der Waals surface area contributed by atoms with Crippen molar-refractivity contribution in [2.75, 3.05) is 19.8 Å². The number of nitrogens with zero attached hydrogens (tertiary/aromatic N) is 1. The Kier molecular flexibility index (Phi) is 7.86. The zero-order chi connectivity index (χ0) is 22.4. The molecule has 1 atom stereocenters. The van der Waals surface area contributed by atoms with Crippen LogP contribution in [0.15, 0.2) is 70.3 Å². The van der Waals surface area contributed by atoms with Gasteiger partial charge >= 0.3 is 0 Å². The third-order valence-electron chi connectivity index (χ3n) is 5.38. The van der Waals surface area contributed by atoms with Crippen LogP contribution >= 0.6 is 22.9 Å². The van der Waals surface area contributed by atoms with Crippen LogP contribution in [0.5, 0.6) is 5.75 Å². The van der Waals surface area contributed by atoms with Gasteiger partial charge in [0.2, 0.25) is 10.0 Å². The second-order valence-electron chi connectivity index (χ2n) is 7.74. The van der Waals surface area contributed by atoms with Crippen molar-refractivity contribution in [3.63, 3.8) is 0 Å². The summed E-state index contributed by atoms with van der Waals surface area (Å²) in [6.07, 6.45) is 2.51. The molecule has 1 aromatic heterocycles. The largest absolute Gasteiger partial charge is 0.493 e. The molecule has 0 saturated carbocycles. The van der Waals surface area contributed by atoms with Gasteiger partial charge in [-0.2, -0.15) is 15.6 Å². The highest BCUT2D eigenvalue weighted by atomic mass is 35.5. The number of rotatable bonds is 10. The van der Waals surface area contributed by atoms with E-state index >= 15 is 0 Å². The van der Waals surface area contributed by atoms with E-state index in [2.05, 4.69) is 16.8 Å². The molecule has 3 aromatic rings. The van der Waals surface area contributed by atoms with Crippen LogP contribution in [0.2, 0.25) is 5.02 Å². The van der Waals surface area contributed by atoms with Gasteiger partial charge in [0.25, 0.3) is 0 Å². The van der Waals surface area contributed by atoms with Gasteiger partial charge in [-0.05, 0) is 65.1 Å². The van der Waals surface area contributed by atoms with Crippen LogP contribution in [-0.4, -0.2) is 38.6 Å². The molecule has 2 aromatic carbocycles. The summed E-state index contributed by atoms with van der Waals surface area (Å²) in [5, 5.41) is 4.38. The van der Waals surface area contributed by atoms with Crippen molar-refractivity contribution in [1.29, 1.82) is 0 Å². The van der Waals surface area contributed by atoms with Crippen LogP contribution in [0.1, 0.15) is 24.0 Å². The van der Waals surface area contributed by atoms with Gasteiger partial charge in [-0.25, -0.2) is 8.42 Å². The molecule has 1 fully saturated rings. The van der Waals surface area contributed by atoms with E-state index in [1.807, 2.05) is 24.3 Å². The summed E-state index contributed by atoms with van der Waals surface area (Å²) in [5.74, 6) is 0.727. The first kappa shape index (κ1) is 23.3. The highest BCUT2D eigenvalue weighted by Crippen LogP contribution is 2.28. The average Bonchev–Trinajstić information content (AvgIpc) is 3.48. The smallest absolute Gasteiger partial charge is 0.244 e. The highest BCUT2D eigenvalue weighted by Gasteiger charge is 2.30. The molecule has 5 nitrogen and oxygen atoms in total. The summed E-state index contributed by atoms with van der Waals surface area (Å²) in [4.78, 5) is 0.114. The Morgan fingerprint density at radius 3 is 2.75 bits per heavy atom. The monoisotopic (exact) mass is 491 g/mol. The molecule has 8 heteroatoms. The van der Waals surface area contributed by atoms with E-state index in [4.69, 9.17) is 21.1 Å². The number of benzene rings is 2. The number of thiophene rings is 1. The van der Waals surface area contributed by atoms with Crippen LogP contribution < -0.4 is 4.74 Å². The minimum absolute atomic E-state index is 0.114. The Morgan fingerprint density at radius 2 is 2.00 bits per heavy atom. The minimum Gasteiger partial charge on any atom is -0.493 e. The van der Waals surface area contributed by atoms with Crippen molar-refractivity contribution in [3.05, 3.63) is 81.5 Å².